The average Bonchev–Trinajstić information content (AvgIpc) is 3.05. The molecule has 0 unspecified atom stereocenters. The highest BCUT2D eigenvalue weighted by molar-refractivity contribution is 5.61. The first-order valence-electron chi connectivity index (χ1n) is 7.98. The molecule has 0 bridgehead atoms. The molecule has 2 heterocycles. The highest BCUT2D eigenvalue weighted by Crippen LogP contribution is 2.22. The van der Waals surface area contributed by atoms with Gasteiger partial charge in [0.15, 0.2) is 5.82 Å². The fourth-order valence-electron chi connectivity index (χ4n) is 2.29. The minimum Gasteiger partial charge on any atom is -0.467 e. The molecule has 0 saturated carbocycles. The van der Waals surface area contributed by atoms with E-state index >= 15 is 0 Å². The molecule has 0 fully saturated rings. The molecule has 0 aliphatic rings. The Hall–Kier alpha value is -2.82. The van der Waals surface area contributed by atoms with Gasteiger partial charge in [0.25, 0.3) is 0 Å². The number of hydrogen-bond acceptors (Lipinski definition) is 5. The number of benzene rings is 1. The van der Waals surface area contributed by atoms with E-state index in [1.807, 2.05) is 48.5 Å². The first kappa shape index (κ1) is 16.1. The van der Waals surface area contributed by atoms with Crippen molar-refractivity contribution < 1.29 is 4.42 Å². The van der Waals surface area contributed by atoms with Crippen LogP contribution < -0.4 is 10.6 Å². The predicted molar refractivity (Wildman–Crippen MR) is 96.9 cm³/mol. The average molecular weight is 322 g/mol. The summed E-state index contributed by atoms with van der Waals surface area (Å²) >= 11 is 0. The lowest BCUT2D eigenvalue weighted by Gasteiger charge is -2.22. The molecule has 3 aromatic rings. The Morgan fingerprint density at radius 2 is 1.71 bits per heavy atom. The van der Waals surface area contributed by atoms with Gasteiger partial charge in [-0.05, 0) is 32.9 Å². The minimum atomic E-state index is -0.0827. The molecule has 0 radical (unpaired) electrons. The number of aromatic nitrogens is 2. The van der Waals surface area contributed by atoms with Gasteiger partial charge in [0, 0.05) is 17.2 Å². The van der Waals surface area contributed by atoms with Crippen LogP contribution in [0.1, 0.15) is 26.5 Å². The van der Waals surface area contributed by atoms with Gasteiger partial charge in [-0.15, -0.1) is 0 Å². The molecule has 0 saturated heterocycles. The van der Waals surface area contributed by atoms with Crippen LogP contribution in [0.25, 0.3) is 11.4 Å². The third kappa shape index (κ3) is 4.35. The molecular formula is C19H22N4O. The van der Waals surface area contributed by atoms with E-state index in [0.29, 0.717) is 12.4 Å². The third-order valence-electron chi connectivity index (χ3n) is 3.29. The molecule has 3 rings (SSSR count). The van der Waals surface area contributed by atoms with Crippen molar-refractivity contribution in [1.82, 2.24) is 9.97 Å². The zero-order chi connectivity index (χ0) is 17.0. The maximum atomic E-state index is 5.36. The first-order chi connectivity index (χ1) is 11.5. The lowest BCUT2D eigenvalue weighted by atomic mass is 10.1. The van der Waals surface area contributed by atoms with Gasteiger partial charge in [-0.1, -0.05) is 30.3 Å². The van der Waals surface area contributed by atoms with E-state index in [-0.39, 0.29) is 5.54 Å². The number of hydrogen-bond donors (Lipinski definition) is 2. The van der Waals surface area contributed by atoms with E-state index < -0.39 is 0 Å². The molecule has 5 heteroatoms. The maximum absolute atomic E-state index is 5.36. The first-order valence-corrected chi connectivity index (χ1v) is 7.98. The van der Waals surface area contributed by atoms with Crippen molar-refractivity contribution in [2.45, 2.75) is 32.9 Å². The molecule has 124 valence electrons. The second kappa shape index (κ2) is 6.74. The van der Waals surface area contributed by atoms with Crippen LogP contribution in [0, 0.1) is 0 Å². The van der Waals surface area contributed by atoms with Gasteiger partial charge >= 0.3 is 0 Å². The number of rotatable bonds is 5. The second-order valence-electron chi connectivity index (χ2n) is 6.64. The lowest BCUT2D eigenvalue weighted by molar-refractivity contribution is 0.518. The molecule has 2 N–H and O–H groups in total. The molecule has 1 aromatic carbocycles. The minimum absolute atomic E-state index is 0.0827. The normalized spacial score (nSPS) is 11.3. The Balaban J connectivity index is 1.90. The fraction of sp³-hybridized carbons (Fsp3) is 0.263. The molecule has 0 aliphatic heterocycles. The predicted octanol–water partition coefficient (Wildman–Crippen LogP) is 4.56. The van der Waals surface area contributed by atoms with Crippen molar-refractivity contribution in [3.8, 4) is 11.4 Å². The Morgan fingerprint density at radius 1 is 0.958 bits per heavy atom. The summed E-state index contributed by atoms with van der Waals surface area (Å²) in [6.07, 6.45) is 1.67. The van der Waals surface area contributed by atoms with Crippen LogP contribution in [0.3, 0.4) is 0 Å². The molecule has 24 heavy (non-hydrogen) atoms. The highest BCUT2D eigenvalue weighted by atomic mass is 16.3. The highest BCUT2D eigenvalue weighted by Gasteiger charge is 2.13. The van der Waals surface area contributed by atoms with Gasteiger partial charge < -0.3 is 15.1 Å². The Bertz CT molecular complexity index is 777. The molecular weight excluding hydrogens is 300 g/mol. The van der Waals surface area contributed by atoms with E-state index in [9.17, 15) is 0 Å². The van der Waals surface area contributed by atoms with Gasteiger partial charge in [-0.2, -0.15) is 0 Å². The number of nitrogens with one attached hydrogen (secondary N) is 2. The summed E-state index contributed by atoms with van der Waals surface area (Å²) in [6.45, 7) is 6.89. The summed E-state index contributed by atoms with van der Waals surface area (Å²) in [5, 5.41) is 6.71. The van der Waals surface area contributed by atoms with Crippen molar-refractivity contribution in [3.63, 3.8) is 0 Å². The summed E-state index contributed by atoms with van der Waals surface area (Å²) in [6, 6.07) is 15.7. The van der Waals surface area contributed by atoms with E-state index in [2.05, 4.69) is 41.4 Å². The SMILES string of the molecule is CC(C)(C)Nc1cc(NCc2ccco2)nc(-c2ccccc2)n1. The summed E-state index contributed by atoms with van der Waals surface area (Å²) in [5.74, 6) is 3.09. The summed E-state index contributed by atoms with van der Waals surface area (Å²) in [7, 11) is 0. The van der Waals surface area contributed by atoms with Gasteiger partial charge in [-0.25, -0.2) is 9.97 Å². The second-order valence-corrected chi connectivity index (χ2v) is 6.64. The molecule has 0 amide bonds. The van der Waals surface area contributed by atoms with E-state index in [1.54, 1.807) is 6.26 Å². The molecule has 0 atom stereocenters. The Labute approximate surface area is 142 Å². The van der Waals surface area contributed by atoms with Crippen LogP contribution in [0.4, 0.5) is 11.6 Å². The quantitative estimate of drug-likeness (QED) is 0.721. The van der Waals surface area contributed by atoms with Gasteiger partial charge in [0.05, 0.1) is 12.8 Å². The van der Waals surface area contributed by atoms with E-state index in [4.69, 9.17) is 4.42 Å². The topological polar surface area (TPSA) is 63.0 Å². The number of anilines is 2. The lowest BCUT2D eigenvalue weighted by Crippen LogP contribution is -2.27. The third-order valence-corrected chi connectivity index (χ3v) is 3.29. The van der Waals surface area contributed by atoms with Crippen LogP contribution in [0.5, 0.6) is 0 Å². The fourth-order valence-corrected chi connectivity index (χ4v) is 2.29. The van der Waals surface area contributed by atoms with E-state index in [0.717, 1.165) is 23.0 Å². The number of nitrogens with zero attached hydrogens (tertiary/aromatic N) is 2. The van der Waals surface area contributed by atoms with Crippen LogP contribution in [-0.2, 0) is 6.54 Å². The van der Waals surface area contributed by atoms with Crippen molar-refractivity contribution >= 4 is 11.6 Å². The molecule has 2 aromatic heterocycles. The van der Waals surface area contributed by atoms with Crippen molar-refractivity contribution in [1.29, 1.82) is 0 Å². The largest absolute Gasteiger partial charge is 0.467 e. The smallest absolute Gasteiger partial charge is 0.163 e. The Kier molecular flexibility index (Phi) is 4.51. The van der Waals surface area contributed by atoms with Crippen molar-refractivity contribution in [2.75, 3.05) is 10.6 Å². The Morgan fingerprint density at radius 3 is 2.38 bits per heavy atom. The summed E-state index contributed by atoms with van der Waals surface area (Å²) in [4.78, 5) is 9.28. The van der Waals surface area contributed by atoms with Crippen molar-refractivity contribution in [3.05, 3.63) is 60.6 Å². The standard InChI is InChI=1S/C19H22N4O/c1-19(2,3)23-17-12-16(20-13-15-10-7-11-24-15)21-18(22-17)14-8-5-4-6-9-14/h4-12H,13H2,1-3H3,(H2,20,21,22,23). The van der Waals surface area contributed by atoms with Gasteiger partial charge in [-0.3, -0.25) is 0 Å². The molecule has 0 spiro atoms. The van der Waals surface area contributed by atoms with Crippen molar-refractivity contribution in [2.24, 2.45) is 0 Å². The van der Waals surface area contributed by atoms with Crippen LogP contribution in [-0.4, -0.2) is 15.5 Å². The number of furan rings is 1. The van der Waals surface area contributed by atoms with Crippen LogP contribution >= 0.6 is 0 Å². The maximum Gasteiger partial charge on any atom is 0.163 e. The zero-order valence-corrected chi connectivity index (χ0v) is 14.2. The monoisotopic (exact) mass is 322 g/mol. The molecule has 0 aliphatic carbocycles. The van der Waals surface area contributed by atoms with Crippen LogP contribution in [0.2, 0.25) is 0 Å². The molecule has 5 nitrogen and oxygen atoms in total. The van der Waals surface area contributed by atoms with Gasteiger partial charge in [0.2, 0.25) is 0 Å². The zero-order valence-electron chi connectivity index (χ0n) is 14.2. The van der Waals surface area contributed by atoms with Crippen LogP contribution in [0.15, 0.2) is 59.2 Å². The van der Waals surface area contributed by atoms with E-state index in [1.165, 1.54) is 0 Å². The summed E-state index contributed by atoms with van der Waals surface area (Å²) < 4.78 is 5.36. The van der Waals surface area contributed by atoms with Gasteiger partial charge in [0.1, 0.15) is 17.4 Å². The summed E-state index contributed by atoms with van der Waals surface area (Å²) in [5.41, 5.74) is 0.900.